The van der Waals surface area contributed by atoms with Gasteiger partial charge in [0.25, 0.3) is 0 Å². The quantitative estimate of drug-likeness (QED) is 0.340. The second-order valence-electron chi connectivity index (χ2n) is 10.0. The Morgan fingerprint density at radius 3 is 2.00 bits per heavy atom. The largest absolute Gasteiger partial charge is 0.432 e. The van der Waals surface area contributed by atoms with Crippen LogP contribution in [0.3, 0.4) is 0 Å². The molecular formula is C28H33F5O2. The first-order valence-corrected chi connectivity index (χ1v) is 12.7. The van der Waals surface area contributed by atoms with Crippen molar-refractivity contribution in [2.45, 2.75) is 83.3 Å². The van der Waals surface area contributed by atoms with Crippen LogP contribution in [0, 0.1) is 23.6 Å². The van der Waals surface area contributed by atoms with Crippen molar-refractivity contribution in [1.29, 1.82) is 0 Å². The van der Waals surface area contributed by atoms with Crippen molar-refractivity contribution in [3.63, 3.8) is 0 Å². The van der Waals surface area contributed by atoms with Crippen LogP contribution < -0.4 is 9.47 Å². The third-order valence-corrected chi connectivity index (χ3v) is 7.99. The van der Waals surface area contributed by atoms with E-state index in [0.717, 1.165) is 48.3 Å². The summed E-state index contributed by atoms with van der Waals surface area (Å²) in [7, 11) is 0. The van der Waals surface area contributed by atoms with Gasteiger partial charge in [-0.15, -0.1) is 0 Å². The summed E-state index contributed by atoms with van der Waals surface area (Å²) < 4.78 is 76.3. The Balaban J connectivity index is 1.31. The summed E-state index contributed by atoms with van der Waals surface area (Å²) in [6.45, 7) is -0.958. The molecular weight excluding hydrogens is 463 g/mol. The lowest BCUT2D eigenvalue weighted by Gasteiger charge is -2.38. The highest BCUT2D eigenvalue weighted by atomic mass is 19.3. The molecule has 2 aliphatic rings. The van der Waals surface area contributed by atoms with Crippen LogP contribution in [0.4, 0.5) is 22.0 Å². The SMILES string of the molecule is CCC1CCC(C2CCC(c3ccc(OC(F)(F)c4ccc(OC(F)F)c(F)c4)cc3)CC2)CC1. The molecule has 0 spiro atoms. The van der Waals surface area contributed by atoms with Gasteiger partial charge in [-0.2, -0.15) is 17.6 Å². The molecule has 0 atom stereocenters. The summed E-state index contributed by atoms with van der Waals surface area (Å²) in [4.78, 5) is 0. The molecule has 2 aliphatic carbocycles. The minimum absolute atomic E-state index is 0.0477. The van der Waals surface area contributed by atoms with Crippen LogP contribution in [-0.4, -0.2) is 6.61 Å². The zero-order valence-corrected chi connectivity index (χ0v) is 20.0. The maximum absolute atomic E-state index is 14.6. The Hall–Kier alpha value is -2.31. The fourth-order valence-electron chi connectivity index (χ4n) is 5.88. The van der Waals surface area contributed by atoms with Crippen molar-refractivity contribution in [1.82, 2.24) is 0 Å². The van der Waals surface area contributed by atoms with Gasteiger partial charge < -0.3 is 9.47 Å². The predicted molar refractivity (Wildman–Crippen MR) is 124 cm³/mol. The molecule has 4 rings (SSSR count). The molecule has 0 saturated heterocycles. The summed E-state index contributed by atoms with van der Waals surface area (Å²) in [6.07, 6.45) is 7.59. The molecule has 0 aromatic heterocycles. The van der Waals surface area contributed by atoms with E-state index in [9.17, 15) is 22.0 Å². The van der Waals surface area contributed by atoms with Crippen LogP contribution in [0.25, 0.3) is 0 Å². The monoisotopic (exact) mass is 496 g/mol. The van der Waals surface area contributed by atoms with Crippen molar-refractivity contribution < 1.29 is 31.4 Å². The lowest BCUT2D eigenvalue weighted by molar-refractivity contribution is -0.185. The van der Waals surface area contributed by atoms with Gasteiger partial charge in [-0.3, -0.25) is 0 Å². The molecule has 0 unspecified atom stereocenters. The molecule has 2 fully saturated rings. The molecule has 0 radical (unpaired) electrons. The zero-order valence-electron chi connectivity index (χ0n) is 20.0. The Kier molecular flexibility index (Phi) is 8.23. The second-order valence-corrected chi connectivity index (χ2v) is 10.0. The lowest BCUT2D eigenvalue weighted by atomic mass is 9.68. The van der Waals surface area contributed by atoms with Crippen molar-refractivity contribution in [2.24, 2.45) is 17.8 Å². The van der Waals surface area contributed by atoms with Crippen molar-refractivity contribution in [2.75, 3.05) is 0 Å². The van der Waals surface area contributed by atoms with Gasteiger partial charge in [0, 0.05) is 0 Å². The van der Waals surface area contributed by atoms with Gasteiger partial charge >= 0.3 is 12.7 Å². The molecule has 192 valence electrons. The van der Waals surface area contributed by atoms with Crippen LogP contribution in [-0.2, 0) is 6.11 Å². The number of rotatable bonds is 8. The van der Waals surface area contributed by atoms with E-state index < -0.39 is 29.9 Å². The first-order chi connectivity index (χ1) is 16.7. The third-order valence-electron chi connectivity index (χ3n) is 7.99. The fraction of sp³-hybridized carbons (Fsp3) is 0.571. The van der Waals surface area contributed by atoms with Gasteiger partial charge in [0.15, 0.2) is 11.6 Å². The van der Waals surface area contributed by atoms with Gasteiger partial charge in [-0.25, -0.2) is 4.39 Å². The van der Waals surface area contributed by atoms with E-state index in [4.69, 9.17) is 4.74 Å². The van der Waals surface area contributed by atoms with E-state index in [2.05, 4.69) is 11.7 Å². The Bertz CT molecular complexity index is 946. The normalized spacial score (nSPS) is 25.5. The number of halogens is 5. The number of benzene rings is 2. The molecule has 2 saturated carbocycles. The lowest BCUT2D eigenvalue weighted by Crippen LogP contribution is -2.25. The van der Waals surface area contributed by atoms with Gasteiger partial charge in [0.1, 0.15) is 5.75 Å². The minimum Gasteiger partial charge on any atom is -0.432 e. The van der Waals surface area contributed by atoms with Gasteiger partial charge in [-0.1, -0.05) is 38.3 Å². The molecule has 7 heteroatoms. The molecule has 2 nitrogen and oxygen atoms in total. The van der Waals surface area contributed by atoms with E-state index in [1.54, 1.807) is 0 Å². The fourth-order valence-corrected chi connectivity index (χ4v) is 5.88. The Morgan fingerprint density at radius 2 is 1.46 bits per heavy atom. The molecule has 35 heavy (non-hydrogen) atoms. The van der Waals surface area contributed by atoms with Crippen molar-refractivity contribution in [3.8, 4) is 11.5 Å². The smallest absolute Gasteiger partial charge is 0.426 e. The molecule has 2 aromatic carbocycles. The highest BCUT2D eigenvalue weighted by molar-refractivity contribution is 5.33. The third kappa shape index (κ3) is 6.47. The van der Waals surface area contributed by atoms with Crippen LogP contribution in [0.2, 0.25) is 0 Å². The molecule has 0 amide bonds. The van der Waals surface area contributed by atoms with E-state index in [1.165, 1.54) is 57.1 Å². The first-order valence-electron chi connectivity index (χ1n) is 12.7. The Labute approximate surface area is 203 Å². The van der Waals surface area contributed by atoms with Crippen LogP contribution >= 0.6 is 0 Å². The summed E-state index contributed by atoms with van der Waals surface area (Å²) in [5.41, 5.74) is 0.334. The van der Waals surface area contributed by atoms with Crippen LogP contribution in [0.15, 0.2) is 42.5 Å². The summed E-state index contributed by atoms with van der Waals surface area (Å²) in [6, 6.07) is 8.65. The molecule has 2 aromatic rings. The van der Waals surface area contributed by atoms with E-state index in [1.807, 2.05) is 12.1 Å². The summed E-state index contributed by atoms with van der Waals surface area (Å²) in [5.74, 6) is 0.842. The minimum atomic E-state index is -3.83. The number of alkyl halides is 4. The topological polar surface area (TPSA) is 18.5 Å². The molecule has 0 heterocycles. The molecule has 0 bridgehead atoms. The highest BCUT2D eigenvalue weighted by Gasteiger charge is 2.36. The van der Waals surface area contributed by atoms with E-state index in [0.29, 0.717) is 12.0 Å². The number of hydrogen-bond donors (Lipinski definition) is 0. The number of hydrogen-bond acceptors (Lipinski definition) is 2. The average Bonchev–Trinajstić information content (AvgIpc) is 2.85. The molecule has 0 N–H and O–H groups in total. The second kappa shape index (κ2) is 11.2. The Morgan fingerprint density at radius 1 is 0.857 bits per heavy atom. The maximum atomic E-state index is 14.6. The van der Waals surface area contributed by atoms with Crippen LogP contribution in [0.1, 0.15) is 81.8 Å². The number of ether oxygens (including phenoxy) is 2. The predicted octanol–water partition coefficient (Wildman–Crippen LogP) is 9.05. The van der Waals surface area contributed by atoms with Crippen molar-refractivity contribution in [3.05, 3.63) is 59.4 Å². The summed E-state index contributed by atoms with van der Waals surface area (Å²) >= 11 is 0. The maximum Gasteiger partial charge on any atom is 0.426 e. The van der Waals surface area contributed by atoms with E-state index in [-0.39, 0.29) is 5.75 Å². The van der Waals surface area contributed by atoms with E-state index >= 15 is 0 Å². The van der Waals surface area contributed by atoms with Gasteiger partial charge in [-0.05, 0) is 98.1 Å². The van der Waals surface area contributed by atoms with Gasteiger partial charge in [0.2, 0.25) is 0 Å². The van der Waals surface area contributed by atoms with Crippen molar-refractivity contribution >= 4 is 0 Å². The summed E-state index contributed by atoms with van der Waals surface area (Å²) in [5, 5.41) is 0. The highest BCUT2D eigenvalue weighted by Crippen LogP contribution is 2.44. The molecule has 0 aliphatic heterocycles. The average molecular weight is 497 g/mol. The van der Waals surface area contributed by atoms with Crippen LogP contribution in [0.5, 0.6) is 11.5 Å². The first kappa shape index (κ1) is 25.8. The van der Waals surface area contributed by atoms with Gasteiger partial charge in [0.05, 0.1) is 5.56 Å². The zero-order chi connectivity index (χ0) is 25.0. The standard InChI is InChI=1S/C28H33F5O2/c1-2-18-3-5-19(6-4-18)20-7-9-21(10-8-20)22-11-14-24(15-12-22)35-28(32,33)23-13-16-26(25(29)17-23)34-27(30)31/h11-21,27H,2-10H2,1H3.